The Kier molecular flexibility index (Phi) is 5.59. The van der Waals surface area contributed by atoms with Crippen molar-refractivity contribution in [1.29, 1.82) is 0 Å². The third-order valence-corrected chi connectivity index (χ3v) is 6.78. The molecule has 0 radical (unpaired) electrons. The van der Waals surface area contributed by atoms with Gasteiger partial charge in [-0.2, -0.15) is 5.10 Å². The number of nitrogens with zero attached hydrogens (tertiary/aromatic N) is 3. The second-order valence-corrected chi connectivity index (χ2v) is 8.92. The Balaban J connectivity index is 1.34. The minimum Gasteiger partial charge on any atom is -0.368 e. The first kappa shape index (κ1) is 20.6. The number of carbonyl (C=O) groups excluding carboxylic acids is 3. The number of rotatable bonds is 6. The summed E-state index contributed by atoms with van der Waals surface area (Å²) in [7, 11) is 0. The molecule has 8 nitrogen and oxygen atoms in total. The number of ketones is 1. The van der Waals surface area contributed by atoms with E-state index in [0.29, 0.717) is 24.9 Å². The van der Waals surface area contributed by atoms with Gasteiger partial charge >= 0.3 is 0 Å². The van der Waals surface area contributed by atoms with Crippen LogP contribution in [0.1, 0.15) is 21.7 Å². The van der Waals surface area contributed by atoms with Gasteiger partial charge in [-0.15, -0.1) is 11.3 Å². The zero-order valence-electron chi connectivity index (χ0n) is 17.2. The maximum atomic E-state index is 13.4. The lowest BCUT2D eigenvalue weighted by atomic mass is 10.1. The molecule has 9 heteroatoms. The fraction of sp³-hybridized carbons (Fsp3) is 0.304. The minimum absolute atomic E-state index is 0.0453. The van der Waals surface area contributed by atoms with Crippen LogP contribution in [-0.2, 0) is 20.7 Å². The van der Waals surface area contributed by atoms with E-state index in [9.17, 15) is 14.4 Å². The molecule has 4 heterocycles. The number of carbonyl (C=O) groups is 3. The summed E-state index contributed by atoms with van der Waals surface area (Å²) in [5.74, 6) is -0.654. The molecule has 5 rings (SSSR count). The van der Waals surface area contributed by atoms with Crippen LogP contribution in [0.25, 0.3) is 5.69 Å². The number of nitrogens with one attached hydrogen (secondary N) is 1. The van der Waals surface area contributed by atoms with Crippen LogP contribution in [0.3, 0.4) is 0 Å². The highest BCUT2D eigenvalue weighted by Gasteiger charge is 2.48. The molecule has 2 aromatic heterocycles. The average Bonchev–Trinajstić information content (AvgIpc) is 3.60. The van der Waals surface area contributed by atoms with Crippen molar-refractivity contribution >= 4 is 28.9 Å². The number of fused-ring (bicyclic) bond motifs is 1. The molecule has 3 aromatic rings. The summed E-state index contributed by atoms with van der Waals surface area (Å²) in [4.78, 5) is 41.3. The highest BCUT2D eigenvalue weighted by Crippen LogP contribution is 2.28. The second kappa shape index (κ2) is 8.68. The Morgan fingerprint density at radius 2 is 2.06 bits per heavy atom. The van der Waals surface area contributed by atoms with Gasteiger partial charge in [-0.1, -0.05) is 6.07 Å². The zero-order chi connectivity index (χ0) is 22.1. The predicted octanol–water partition coefficient (Wildman–Crippen LogP) is 1.84. The van der Waals surface area contributed by atoms with Crippen molar-refractivity contribution in [3.8, 4) is 5.69 Å². The Labute approximate surface area is 188 Å². The molecule has 2 aliphatic rings. The van der Waals surface area contributed by atoms with Gasteiger partial charge in [0.05, 0.1) is 11.8 Å². The Morgan fingerprint density at radius 3 is 2.78 bits per heavy atom. The van der Waals surface area contributed by atoms with E-state index < -0.39 is 12.1 Å². The summed E-state index contributed by atoms with van der Waals surface area (Å²) in [6, 6.07) is 11.4. The molecule has 1 aromatic carbocycles. The smallest absolute Gasteiger partial charge is 0.251 e. The van der Waals surface area contributed by atoms with Crippen LogP contribution in [0.15, 0.2) is 60.2 Å². The van der Waals surface area contributed by atoms with Crippen molar-refractivity contribution in [2.45, 2.75) is 31.0 Å². The summed E-state index contributed by atoms with van der Waals surface area (Å²) < 4.78 is 7.22. The van der Waals surface area contributed by atoms with E-state index in [0.717, 1.165) is 10.6 Å². The van der Waals surface area contributed by atoms with Gasteiger partial charge in [0.1, 0.15) is 18.7 Å². The average molecular weight is 451 g/mol. The summed E-state index contributed by atoms with van der Waals surface area (Å²) in [6.07, 6.45) is 4.28. The topological polar surface area (TPSA) is 93.5 Å². The molecule has 3 atom stereocenters. The minimum atomic E-state index is -0.765. The number of likely N-dealkylation sites (tertiary alicyclic amines) is 1. The lowest BCUT2D eigenvalue weighted by Gasteiger charge is -2.27. The van der Waals surface area contributed by atoms with Crippen LogP contribution in [0, 0.1) is 0 Å². The number of hydrogen-bond acceptors (Lipinski definition) is 6. The van der Waals surface area contributed by atoms with Gasteiger partial charge in [0.15, 0.2) is 5.78 Å². The molecular weight excluding hydrogens is 428 g/mol. The molecule has 164 valence electrons. The molecule has 0 aliphatic carbocycles. The van der Waals surface area contributed by atoms with Crippen LogP contribution in [-0.4, -0.2) is 63.6 Å². The Hall–Kier alpha value is -3.30. The lowest BCUT2D eigenvalue weighted by Crippen LogP contribution is -2.53. The van der Waals surface area contributed by atoms with E-state index in [1.807, 2.05) is 29.8 Å². The number of ether oxygens (including phenoxy) is 1. The maximum Gasteiger partial charge on any atom is 0.251 e. The van der Waals surface area contributed by atoms with Crippen molar-refractivity contribution in [1.82, 2.24) is 20.0 Å². The highest BCUT2D eigenvalue weighted by atomic mass is 32.1. The van der Waals surface area contributed by atoms with Crippen molar-refractivity contribution in [3.63, 3.8) is 0 Å². The van der Waals surface area contributed by atoms with Gasteiger partial charge in [-0.05, 0) is 48.2 Å². The summed E-state index contributed by atoms with van der Waals surface area (Å²) >= 11 is 1.53. The normalized spacial score (nSPS) is 20.9. The standard InChI is InChI=1S/C23H22N4O4S/c28-19-14-31-20-8-11-26(21(19)20)23(30)18(13-17-3-1-12-32-17)25-22(29)15-4-6-16(7-5-15)27-10-2-9-24-27/h1-7,9-10,12,18,20-21H,8,11,13-14H2,(H,25,29). The second-order valence-electron chi connectivity index (χ2n) is 7.89. The highest BCUT2D eigenvalue weighted by molar-refractivity contribution is 7.09. The SMILES string of the molecule is O=C(NC(Cc1cccs1)C(=O)N1CCC2OCC(=O)C21)c1ccc(-n2cccn2)cc1. The molecule has 0 bridgehead atoms. The zero-order valence-corrected chi connectivity index (χ0v) is 18.0. The van der Waals surface area contributed by atoms with Gasteiger partial charge in [0, 0.05) is 35.8 Å². The number of hydrogen-bond donors (Lipinski definition) is 1. The molecular formula is C23H22N4O4S. The fourth-order valence-corrected chi connectivity index (χ4v) is 5.05. The first-order valence-corrected chi connectivity index (χ1v) is 11.4. The predicted molar refractivity (Wildman–Crippen MR) is 118 cm³/mol. The van der Waals surface area contributed by atoms with E-state index in [-0.39, 0.29) is 30.3 Å². The number of thiophene rings is 1. The third-order valence-electron chi connectivity index (χ3n) is 5.88. The van der Waals surface area contributed by atoms with Gasteiger partial charge < -0.3 is 15.0 Å². The quantitative estimate of drug-likeness (QED) is 0.619. The van der Waals surface area contributed by atoms with Gasteiger partial charge in [0.25, 0.3) is 5.91 Å². The van der Waals surface area contributed by atoms with Crippen molar-refractivity contribution < 1.29 is 19.1 Å². The number of benzene rings is 1. The first-order valence-electron chi connectivity index (χ1n) is 10.5. The van der Waals surface area contributed by atoms with Crippen LogP contribution in [0.5, 0.6) is 0 Å². The van der Waals surface area contributed by atoms with Crippen LogP contribution in [0.4, 0.5) is 0 Å². The van der Waals surface area contributed by atoms with E-state index in [1.54, 1.807) is 40.0 Å². The van der Waals surface area contributed by atoms with E-state index in [4.69, 9.17) is 4.74 Å². The molecule has 2 aliphatic heterocycles. The summed E-state index contributed by atoms with van der Waals surface area (Å²) in [6.45, 7) is 0.499. The van der Waals surface area contributed by atoms with Gasteiger partial charge in [-0.25, -0.2) is 4.68 Å². The maximum absolute atomic E-state index is 13.4. The van der Waals surface area contributed by atoms with Gasteiger partial charge in [-0.3, -0.25) is 14.4 Å². The van der Waals surface area contributed by atoms with E-state index in [2.05, 4.69) is 10.4 Å². The third kappa shape index (κ3) is 3.96. The number of amides is 2. The van der Waals surface area contributed by atoms with Crippen LogP contribution in [0.2, 0.25) is 0 Å². The lowest BCUT2D eigenvalue weighted by molar-refractivity contribution is -0.138. The fourth-order valence-electron chi connectivity index (χ4n) is 4.30. The summed E-state index contributed by atoms with van der Waals surface area (Å²) in [5, 5.41) is 9.02. The monoisotopic (exact) mass is 450 g/mol. The Morgan fingerprint density at radius 1 is 1.22 bits per heavy atom. The van der Waals surface area contributed by atoms with Crippen LogP contribution >= 0.6 is 11.3 Å². The van der Waals surface area contributed by atoms with E-state index in [1.165, 1.54) is 11.3 Å². The molecule has 2 amide bonds. The van der Waals surface area contributed by atoms with Gasteiger partial charge in [0.2, 0.25) is 5.91 Å². The summed E-state index contributed by atoms with van der Waals surface area (Å²) in [5.41, 5.74) is 1.28. The Bertz CT molecular complexity index is 1110. The molecule has 2 fully saturated rings. The molecule has 32 heavy (non-hydrogen) atoms. The van der Waals surface area contributed by atoms with Crippen molar-refractivity contribution in [2.75, 3.05) is 13.2 Å². The molecule has 1 N–H and O–H groups in total. The molecule has 0 saturated carbocycles. The first-order chi connectivity index (χ1) is 15.6. The van der Waals surface area contributed by atoms with Crippen molar-refractivity contribution in [2.24, 2.45) is 0 Å². The van der Waals surface area contributed by atoms with Crippen molar-refractivity contribution in [3.05, 3.63) is 70.7 Å². The number of aromatic nitrogens is 2. The molecule has 0 spiro atoms. The molecule has 2 saturated heterocycles. The number of Topliss-reactive ketones (excluding diaryl/α,β-unsaturated/α-hetero) is 1. The van der Waals surface area contributed by atoms with E-state index >= 15 is 0 Å². The largest absolute Gasteiger partial charge is 0.368 e. The molecule has 3 unspecified atom stereocenters. The van der Waals surface area contributed by atoms with Crippen LogP contribution < -0.4 is 5.32 Å².